The van der Waals surface area contributed by atoms with Gasteiger partial charge in [0.2, 0.25) is 11.8 Å². The third-order valence-corrected chi connectivity index (χ3v) is 4.23. The predicted molar refractivity (Wildman–Crippen MR) is 78.6 cm³/mol. The second kappa shape index (κ2) is 9.73. The summed E-state index contributed by atoms with van der Waals surface area (Å²) in [5.41, 5.74) is 1.58. The first-order valence-corrected chi connectivity index (χ1v) is 7.94. The molecule has 0 bridgehead atoms. The molecule has 2 atom stereocenters. The van der Waals surface area contributed by atoms with Gasteiger partial charge >= 0.3 is 0 Å². The van der Waals surface area contributed by atoms with Gasteiger partial charge < -0.3 is 10.0 Å². The lowest BCUT2D eigenvalue weighted by molar-refractivity contribution is -0.136. The van der Waals surface area contributed by atoms with Crippen LogP contribution in [0.15, 0.2) is 0 Å². The Morgan fingerprint density at radius 1 is 1.43 bits per heavy atom. The van der Waals surface area contributed by atoms with Crippen LogP contribution in [0.2, 0.25) is 0 Å². The van der Waals surface area contributed by atoms with Gasteiger partial charge in [-0.2, -0.15) is 0 Å². The highest BCUT2D eigenvalue weighted by atomic mass is 16.5. The summed E-state index contributed by atoms with van der Waals surface area (Å²) >= 11 is 0. The number of carbonyl (C=O) groups is 2. The van der Waals surface area contributed by atoms with Crippen molar-refractivity contribution in [3.05, 3.63) is 0 Å². The Labute approximate surface area is 126 Å². The average molecular weight is 300 g/mol. The van der Waals surface area contributed by atoms with Crippen LogP contribution in [0.4, 0.5) is 0 Å². The fraction of sp³-hybridized carbons (Fsp3) is 0.867. The van der Waals surface area contributed by atoms with Crippen molar-refractivity contribution in [1.82, 2.24) is 10.4 Å². The molecule has 1 fully saturated rings. The van der Waals surface area contributed by atoms with Crippen LogP contribution in [0.5, 0.6) is 0 Å². The lowest BCUT2D eigenvalue weighted by Gasteiger charge is -2.19. The molecule has 0 spiro atoms. The number of nitrogens with zero attached hydrogens (tertiary/aromatic N) is 1. The Morgan fingerprint density at radius 2 is 2.14 bits per heavy atom. The van der Waals surface area contributed by atoms with E-state index in [1.54, 1.807) is 10.4 Å². The standard InChI is InChI=1S/C15H28N2O4/c1-2-3-5-12(11-18)6-4-8-17-9-7-13(15(17)20)10-14(19)16-21/h12-13,18,21H,2-11H2,1H3,(H,16,19). The number of rotatable bonds is 10. The molecule has 2 amide bonds. The molecule has 3 N–H and O–H groups in total. The van der Waals surface area contributed by atoms with Gasteiger partial charge in [0.25, 0.3) is 0 Å². The number of aliphatic hydroxyl groups is 1. The van der Waals surface area contributed by atoms with Crippen molar-refractivity contribution in [2.75, 3.05) is 19.7 Å². The molecule has 21 heavy (non-hydrogen) atoms. The van der Waals surface area contributed by atoms with Crippen molar-refractivity contribution >= 4 is 11.8 Å². The Balaban J connectivity index is 2.26. The van der Waals surface area contributed by atoms with Crippen LogP contribution >= 0.6 is 0 Å². The van der Waals surface area contributed by atoms with Crippen LogP contribution in [-0.2, 0) is 9.59 Å². The Bertz CT molecular complexity index is 336. The quantitative estimate of drug-likeness (QED) is 0.419. The fourth-order valence-corrected chi connectivity index (χ4v) is 2.87. The number of unbranched alkanes of at least 4 members (excludes halogenated alkanes) is 1. The summed E-state index contributed by atoms with van der Waals surface area (Å²) in [6.07, 6.45) is 5.86. The van der Waals surface area contributed by atoms with E-state index in [1.165, 1.54) is 0 Å². The van der Waals surface area contributed by atoms with Crippen molar-refractivity contribution in [2.45, 2.75) is 51.9 Å². The molecular weight excluding hydrogens is 272 g/mol. The van der Waals surface area contributed by atoms with Gasteiger partial charge in [-0.15, -0.1) is 0 Å². The Kier molecular flexibility index (Phi) is 8.30. The minimum atomic E-state index is -0.505. The second-order valence-electron chi connectivity index (χ2n) is 5.88. The molecule has 0 aromatic heterocycles. The summed E-state index contributed by atoms with van der Waals surface area (Å²) in [4.78, 5) is 25.0. The lowest BCUT2D eigenvalue weighted by Crippen LogP contribution is -2.31. The van der Waals surface area contributed by atoms with Gasteiger partial charge in [0.15, 0.2) is 0 Å². The number of likely N-dealkylation sites (tertiary alicyclic amines) is 1. The van der Waals surface area contributed by atoms with Gasteiger partial charge in [0.1, 0.15) is 0 Å². The number of aliphatic hydroxyl groups excluding tert-OH is 1. The van der Waals surface area contributed by atoms with Gasteiger partial charge in [-0.1, -0.05) is 19.8 Å². The van der Waals surface area contributed by atoms with Crippen molar-refractivity contribution in [1.29, 1.82) is 0 Å². The highest BCUT2D eigenvalue weighted by Crippen LogP contribution is 2.22. The molecule has 1 aliphatic rings. The second-order valence-corrected chi connectivity index (χ2v) is 5.88. The third kappa shape index (κ3) is 6.01. The van der Waals surface area contributed by atoms with Gasteiger partial charge in [0, 0.05) is 32.0 Å². The molecule has 0 saturated carbocycles. The number of amides is 2. The highest BCUT2D eigenvalue weighted by Gasteiger charge is 2.32. The monoisotopic (exact) mass is 300 g/mol. The van der Waals surface area contributed by atoms with Gasteiger partial charge in [-0.05, 0) is 31.6 Å². The van der Waals surface area contributed by atoms with Crippen LogP contribution in [0, 0.1) is 11.8 Å². The summed E-state index contributed by atoms with van der Waals surface area (Å²) in [7, 11) is 0. The van der Waals surface area contributed by atoms with Gasteiger partial charge in [-0.25, -0.2) is 5.48 Å². The first kappa shape index (κ1) is 17.9. The van der Waals surface area contributed by atoms with E-state index in [1.807, 2.05) is 0 Å². The van der Waals surface area contributed by atoms with E-state index in [4.69, 9.17) is 5.21 Å². The van der Waals surface area contributed by atoms with E-state index >= 15 is 0 Å². The third-order valence-electron chi connectivity index (χ3n) is 4.23. The first-order chi connectivity index (χ1) is 10.1. The zero-order valence-electron chi connectivity index (χ0n) is 12.9. The minimum absolute atomic E-state index is 0.00714. The molecule has 0 aliphatic carbocycles. The van der Waals surface area contributed by atoms with E-state index in [9.17, 15) is 14.7 Å². The summed E-state index contributed by atoms with van der Waals surface area (Å²) < 4.78 is 0. The van der Waals surface area contributed by atoms with Crippen molar-refractivity contribution < 1.29 is 19.9 Å². The molecule has 122 valence electrons. The summed E-state index contributed by atoms with van der Waals surface area (Å²) in [5, 5.41) is 17.8. The first-order valence-electron chi connectivity index (χ1n) is 7.94. The maximum absolute atomic E-state index is 12.1. The molecular formula is C15H28N2O4. The zero-order valence-corrected chi connectivity index (χ0v) is 12.9. The minimum Gasteiger partial charge on any atom is -0.396 e. The Morgan fingerprint density at radius 3 is 2.76 bits per heavy atom. The predicted octanol–water partition coefficient (Wildman–Crippen LogP) is 1.31. The highest BCUT2D eigenvalue weighted by molar-refractivity contribution is 5.86. The van der Waals surface area contributed by atoms with Gasteiger partial charge in [-0.3, -0.25) is 14.8 Å². The summed E-state index contributed by atoms with van der Waals surface area (Å²) in [5.74, 6) is -0.465. The summed E-state index contributed by atoms with van der Waals surface area (Å²) in [6, 6.07) is 0. The van der Waals surface area contributed by atoms with Crippen LogP contribution in [-0.4, -0.2) is 46.7 Å². The van der Waals surface area contributed by atoms with E-state index < -0.39 is 5.91 Å². The van der Waals surface area contributed by atoms with E-state index in [-0.39, 0.29) is 24.9 Å². The smallest absolute Gasteiger partial charge is 0.244 e. The van der Waals surface area contributed by atoms with Crippen LogP contribution < -0.4 is 5.48 Å². The van der Waals surface area contributed by atoms with E-state index in [0.29, 0.717) is 25.4 Å². The molecule has 2 unspecified atom stereocenters. The maximum atomic E-state index is 12.1. The molecule has 1 aliphatic heterocycles. The summed E-state index contributed by atoms with van der Waals surface area (Å²) in [6.45, 7) is 3.73. The van der Waals surface area contributed by atoms with Gasteiger partial charge in [0.05, 0.1) is 0 Å². The van der Waals surface area contributed by atoms with Crippen molar-refractivity contribution in [2.24, 2.45) is 11.8 Å². The maximum Gasteiger partial charge on any atom is 0.244 e. The molecule has 0 aromatic rings. The number of hydrogen-bond acceptors (Lipinski definition) is 4. The molecule has 0 aromatic carbocycles. The number of hydroxylamine groups is 1. The van der Waals surface area contributed by atoms with Crippen LogP contribution in [0.1, 0.15) is 51.9 Å². The van der Waals surface area contributed by atoms with Crippen LogP contribution in [0.25, 0.3) is 0 Å². The molecule has 0 radical (unpaired) electrons. The van der Waals surface area contributed by atoms with Crippen molar-refractivity contribution in [3.63, 3.8) is 0 Å². The SMILES string of the molecule is CCCCC(CO)CCCN1CCC(CC(=O)NO)C1=O. The molecule has 6 nitrogen and oxygen atoms in total. The molecule has 1 rings (SSSR count). The van der Waals surface area contributed by atoms with Crippen molar-refractivity contribution in [3.8, 4) is 0 Å². The topological polar surface area (TPSA) is 89.9 Å². The van der Waals surface area contributed by atoms with Crippen LogP contribution in [0.3, 0.4) is 0 Å². The molecule has 6 heteroatoms. The van der Waals surface area contributed by atoms with E-state index in [2.05, 4.69) is 6.92 Å². The number of hydrogen-bond donors (Lipinski definition) is 3. The normalized spacial score (nSPS) is 19.9. The lowest BCUT2D eigenvalue weighted by atomic mass is 9.97. The molecule has 1 saturated heterocycles. The number of nitrogens with one attached hydrogen (secondary N) is 1. The average Bonchev–Trinajstić information content (AvgIpc) is 2.83. The zero-order chi connectivity index (χ0) is 15.7. The largest absolute Gasteiger partial charge is 0.396 e. The Hall–Kier alpha value is -1.14. The number of carbonyl (C=O) groups excluding carboxylic acids is 2. The van der Waals surface area contributed by atoms with E-state index in [0.717, 1.165) is 32.1 Å². The fourth-order valence-electron chi connectivity index (χ4n) is 2.87. The molecule has 1 heterocycles.